The van der Waals surface area contributed by atoms with Gasteiger partial charge in [-0.1, -0.05) is 24.3 Å². The third kappa shape index (κ3) is 9.08. The molecule has 222 valence electrons. The van der Waals surface area contributed by atoms with Crippen LogP contribution in [0.25, 0.3) is 0 Å². The maximum atomic E-state index is 13.8. The van der Waals surface area contributed by atoms with Crippen LogP contribution in [0.4, 0.5) is 11.4 Å². The number of aliphatic hydroxyl groups is 1. The van der Waals surface area contributed by atoms with E-state index < -0.39 is 21.7 Å². The number of ether oxygens (including phenoxy) is 2. The van der Waals surface area contributed by atoms with Crippen LogP contribution in [-0.4, -0.2) is 76.6 Å². The maximum Gasteiger partial charge on any atom is 0.249 e. The molecule has 0 bridgehead atoms. The maximum absolute atomic E-state index is 13.8. The molecule has 5 N–H and O–H groups in total. The molecule has 0 unspecified atom stereocenters. The molecule has 3 aromatic rings. The molecule has 12 heteroatoms. The standard InChI is InChI=1S/C29H38N4O7S/c1-29(21-10-12-23(39-4)13-11-21,28(36)31-22-7-6-8-24(18-22)40-16-15-33(2)3)30-19-27(35)20-9-14-26(34)25(17-20)32-41(5,37)38/h6-14,17-18,27,30,32,34-35H,15-16,19H2,1-5H3,(H,31,36)/t27-,29-/m0/s1. The number of anilines is 2. The van der Waals surface area contributed by atoms with Gasteiger partial charge in [-0.3, -0.25) is 14.8 Å². The molecule has 3 aromatic carbocycles. The Bertz CT molecular complexity index is 1430. The van der Waals surface area contributed by atoms with E-state index in [0.29, 0.717) is 34.9 Å². The quantitative estimate of drug-likeness (QED) is 0.180. The number of nitrogens with zero attached hydrogens (tertiary/aromatic N) is 1. The number of benzene rings is 3. The molecule has 0 spiro atoms. The Morgan fingerprint density at radius 1 is 1.05 bits per heavy atom. The molecule has 0 radical (unpaired) electrons. The first-order chi connectivity index (χ1) is 19.3. The summed E-state index contributed by atoms with van der Waals surface area (Å²) in [6.45, 7) is 2.85. The number of carbonyl (C=O) groups is 1. The van der Waals surface area contributed by atoms with Crippen molar-refractivity contribution in [1.82, 2.24) is 10.2 Å². The lowest BCUT2D eigenvalue weighted by molar-refractivity contribution is -0.122. The van der Waals surface area contributed by atoms with Gasteiger partial charge in [0.2, 0.25) is 15.9 Å². The highest BCUT2D eigenvalue weighted by Crippen LogP contribution is 2.30. The molecule has 3 rings (SSSR count). The van der Waals surface area contributed by atoms with E-state index in [1.54, 1.807) is 56.5 Å². The molecule has 41 heavy (non-hydrogen) atoms. The van der Waals surface area contributed by atoms with Gasteiger partial charge in [-0.25, -0.2) is 8.42 Å². The number of aromatic hydroxyl groups is 1. The predicted molar refractivity (Wildman–Crippen MR) is 159 cm³/mol. The summed E-state index contributed by atoms with van der Waals surface area (Å²) in [6, 6.07) is 18.2. The molecule has 0 heterocycles. The molecule has 0 aliphatic carbocycles. The smallest absolute Gasteiger partial charge is 0.249 e. The first-order valence-corrected chi connectivity index (χ1v) is 14.8. The van der Waals surface area contributed by atoms with E-state index in [1.807, 2.05) is 25.1 Å². The van der Waals surface area contributed by atoms with Gasteiger partial charge in [0, 0.05) is 24.8 Å². The van der Waals surface area contributed by atoms with Crippen molar-refractivity contribution in [3.05, 3.63) is 77.9 Å². The number of amides is 1. The van der Waals surface area contributed by atoms with E-state index in [1.165, 1.54) is 18.2 Å². The molecule has 1 amide bonds. The molecule has 0 aliphatic rings. The fraction of sp³-hybridized carbons (Fsp3) is 0.345. The summed E-state index contributed by atoms with van der Waals surface area (Å²) in [6.07, 6.45) is -0.184. The van der Waals surface area contributed by atoms with Gasteiger partial charge >= 0.3 is 0 Å². The van der Waals surface area contributed by atoms with Crippen molar-refractivity contribution >= 4 is 27.3 Å². The topological polar surface area (TPSA) is 149 Å². The Morgan fingerprint density at radius 3 is 2.39 bits per heavy atom. The minimum absolute atomic E-state index is 0.0626. The lowest BCUT2D eigenvalue weighted by atomic mass is 9.90. The number of phenolic OH excluding ortho intramolecular Hbond substituents is 1. The van der Waals surface area contributed by atoms with Gasteiger partial charge in [0.1, 0.15) is 29.4 Å². The van der Waals surface area contributed by atoms with Gasteiger partial charge in [-0.05, 0) is 68.5 Å². The molecule has 0 aromatic heterocycles. The number of hydrogen-bond acceptors (Lipinski definition) is 9. The molecular weight excluding hydrogens is 548 g/mol. The van der Waals surface area contributed by atoms with Gasteiger partial charge in [0.15, 0.2) is 0 Å². The summed E-state index contributed by atoms with van der Waals surface area (Å²) in [4.78, 5) is 15.8. The Labute approximate surface area is 241 Å². The number of phenols is 1. The molecule has 2 atom stereocenters. The Balaban J connectivity index is 1.83. The first kappa shape index (κ1) is 31.7. The van der Waals surface area contributed by atoms with E-state index in [2.05, 4.69) is 15.4 Å². The summed E-state index contributed by atoms with van der Waals surface area (Å²) in [5.74, 6) is 0.569. The average Bonchev–Trinajstić information content (AvgIpc) is 2.92. The minimum atomic E-state index is -3.65. The molecule has 0 saturated carbocycles. The number of aliphatic hydroxyl groups excluding tert-OH is 1. The lowest BCUT2D eigenvalue weighted by Crippen LogP contribution is -2.50. The van der Waals surface area contributed by atoms with Crippen molar-refractivity contribution in [2.24, 2.45) is 0 Å². The third-order valence-corrected chi connectivity index (χ3v) is 6.96. The summed E-state index contributed by atoms with van der Waals surface area (Å²) in [7, 11) is 1.81. The van der Waals surface area contributed by atoms with Crippen LogP contribution < -0.4 is 24.8 Å². The largest absolute Gasteiger partial charge is 0.506 e. The Morgan fingerprint density at radius 2 is 1.76 bits per heavy atom. The highest BCUT2D eigenvalue weighted by atomic mass is 32.2. The minimum Gasteiger partial charge on any atom is -0.506 e. The SMILES string of the molecule is COc1ccc([C@](C)(NC[C@H](O)c2ccc(O)c(NS(C)(=O)=O)c2)C(=O)Nc2cccc(OCCN(C)C)c2)cc1. The van der Waals surface area contributed by atoms with E-state index in [9.17, 15) is 23.4 Å². The zero-order chi connectivity index (χ0) is 30.2. The van der Waals surface area contributed by atoms with Gasteiger partial charge in [0.25, 0.3) is 0 Å². The number of nitrogens with one attached hydrogen (secondary N) is 3. The van der Waals surface area contributed by atoms with Crippen LogP contribution in [0.2, 0.25) is 0 Å². The summed E-state index contributed by atoms with van der Waals surface area (Å²) >= 11 is 0. The number of likely N-dealkylation sites (N-methyl/N-ethyl adjacent to an activating group) is 1. The van der Waals surface area contributed by atoms with E-state index in [0.717, 1.165) is 12.8 Å². The van der Waals surface area contributed by atoms with Gasteiger partial charge < -0.3 is 29.9 Å². The molecule has 11 nitrogen and oxygen atoms in total. The van der Waals surface area contributed by atoms with Crippen LogP contribution in [0.5, 0.6) is 17.2 Å². The number of methoxy groups -OCH3 is 1. The fourth-order valence-corrected chi connectivity index (χ4v) is 4.53. The van der Waals surface area contributed by atoms with Gasteiger partial charge in [-0.2, -0.15) is 0 Å². The van der Waals surface area contributed by atoms with Crippen molar-refractivity contribution in [3.8, 4) is 17.2 Å². The molecular formula is C29H38N4O7S. The highest BCUT2D eigenvalue weighted by molar-refractivity contribution is 7.92. The van der Waals surface area contributed by atoms with Crippen molar-refractivity contribution in [2.45, 2.75) is 18.6 Å². The van der Waals surface area contributed by atoms with Crippen LogP contribution in [0.3, 0.4) is 0 Å². The second-order valence-corrected chi connectivity index (χ2v) is 11.8. The fourth-order valence-electron chi connectivity index (χ4n) is 3.96. The van der Waals surface area contributed by atoms with E-state index >= 15 is 0 Å². The summed E-state index contributed by atoms with van der Waals surface area (Å²) < 4.78 is 36.6. The monoisotopic (exact) mass is 586 g/mol. The van der Waals surface area contributed by atoms with Crippen molar-refractivity contribution in [1.29, 1.82) is 0 Å². The zero-order valence-electron chi connectivity index (χ0n) is 23.8. The first-order valence-electron chi connectivity index (χ1n) is 12.9. The number of rotatable bonds is 14. The average molecular weight is 587 g/mol. The second-order valence-electron chi connectivity index (χ2n) is 10.0. The van der Waals surface area contributed by atoms with Crippen LogP contribution in [0.15, 0.2) is 66.7 Å². The van der Waals surface area contributed by atoms with Crippen LogP contribution in [-0.2, 0) is 20.4 Å². The normalized spacial score (nSPS) is 13.7. The predicted octanol–water partition coefficient (Wildman–Crippen LogP) is 2.89. The summed E-state index contributed by atoms with van der Waals surface area (Å²) in [5.41, 5.74) is 0.120. The summed E-state index contributed by atoms with van der Waals surface area (Å²) in [5, 5.41) is 27.1. The van der Waals surface area contributed by atoms with E-state index in [4.69, 9.17) is 9.47 Å². The number of hydrogen-bond donors (Lipinski definition) is 5. The van der Waals surface area contributed by atoms with Crippen molar-refractivity contribution in [2.75, 3.05) is 57.2 Å². The third-order valence-electron chi connectivity index (χ3n) is 6.37. The highest BCUT2D eigenvalue weighted by Gasteiger charge is 2.36. The Kier molecular flexibility index (Phi) is 10.6. The van der Waals surface area contributed by atoms with Gasteiger partial charge in [0.05, 0.1) is 25.2 Å². The molecule has 0 aliphatic heterocycles. The lowest BCUT2D eigenvalue weighted by Gasteiger charge is -2.31. The number of carbonyl (C=O) groups excluding carboxylic acids is 1. The van der Waals surface area contributed by atoms with E-state index in [-0.39, 0.29) is 23.9 Å². The van der Waals surface area contributed by atoms with Crippen molar-refractivity contribution in [3.63, 3.8) is 0 Å². The van der Waals surface area contributed by atoms with Gasteiger partial charge in [-0.15, -0.1) is 0 Å². The zero-order valence-corrected chi connectivity index (χ0v) is 24.7. The van der Waals surface area contributed by atoms with Crippen LogP contribution in [0.1, 0.15) is 24.2 Å². The van der Waals surface area contributed by atoms with Crippen LogP contribution >= 0.6 is 0 Å². The molecule has 0 fully saturated rings. The Hall–Kier alpha value is -3.84. The number of sulfonamides is 1. The van der Waals surface area contributed by atoms with Crippen LogP contribution in [0, 0.1) is 0 Å². The van der Waals surface area contributed by atoms with Crippen molar-refractivity contribution < 1.29 is 32.9 Å². The molecule has 0 saturated heterocycles. The second kappa shape index (κ2) is 13.7.